The van der Waals surface area contributed by atoms with Gasteiger partial charge in [0, 0.05) is 36.3 Å². The van der Waals surface area contributed by atoms with E-state index in [0.717, 1.165) is 10.2 Å². The van der Waals surface area contributed by atoms with Gasteiger partial charge in [0.25, 0.3) is 5.91 Å². The van der Waals surface area contributed by atoms with Gasteiger partial charge >= 0.3 is 0 Å². The highest BCUT2D eigenvalue weighted by molar-refractivity contribution is 9.10. The largest absolute Gasteiger partial charge is 0.368 e. The van der Waals surface area contributed by atoms with E-state index in [0.29, 0.717) is 36.8 Å². The highest BCUT2D eigenvalue weighted by Crippen LogP contribution is 2.24. The Morgan fingerprint density at radius 3 is 2.35 bits per heavy atom. The van der Waals surface area contributed by atoms with Crippen LogP contribution < -0.4 is 4.90 Å². The van der Waals surface area contributed by atoms with E-state index >= 15 is 0 Å². The van der Waals surface area contributed by atoms with Gasteiger partial charge in [-0.25, -0.2) is 4.39 Å². The van der Waals surface area contributed by atoms with Gasteiger partial charge in [0.1, 0.15) is 5.82 Å². The molecule has 23 heavy (non-hydrogen) atoms. The number of amides is 1. The van der Waals surface area contributed by atoms with E-state index in [1.165, 1.54) is 12.1 Å². The second-order valence-electron chi connectivity index (χ2n) is 5.38. The van der Waals surface area contributed by atoms with Crippen LogP contribution >= 0.6 is 27.5 Å². The van der Waals surface area contributed by atoms with Gasteiger partial charge in [-0.15, -0.1) is 0 Å². The summed E-state index contributed by atoms with van der Waals surface area (Å²) >= 11 is 9.50. The Balaban J connectivity index is 1.67. The molecule has 0 N–H and O–H groups in total. The van der Waals surface area contributed by atoms with Crippen molar-refractivity contribution >= 4 is 39.1 Å². The minimum Gasteiger partial charge on any atom is -0.368 e. The molecule has 0 saturated carbocycles. The van der Waals surface area contributed by atoms with Crippen LogP contribution in [0.25, 0.3) is 0 Å². The Hall–Kier alpha value is -1.59. The first kappa shape index (κ1) is 16.3. The summed E-state index contributed by atoms with van der Waals surface area (Å²) in [5.41, 5.74) is 1.48. The van der Waals surface area contributed by atoms with Crippen LogP contribution in [0.15, 0.2) is 46.9 Å². The van der Waals surface area contributed by atoms with Crippen LogP contribution in [0.4, 0.5) is 10.1 Å². The number of nitrogens with zero attached hydrogens (tertiary/aromatic N) is 2. The lowest BCUT2D eigenvalue weighted by Crippen LogP contribution is -2.48. The van der Waals surface area contributed by atoms with E-state index in [4.69, 9.17) is 11.6 Å². The fourth-order valence-electron chi connectivity index (χ4n) is 2.65. The summed E-state index contributed by atoms with van der Waals surface area (Å²) in [6.45, 7) is 2.64. The minimum atomic E-state index is -0.244. The van der Waals surface area contributed by atoms with Crippen molar-refractivity contribution in [2.24, 2.45) is 0 Å². The molecule has 1 aliphatic rings. The van der Waals surface area contributed by atoms with Crippen LogP contribution in [-0.4, -0.2) is 37.0 Å². The maximum absolute atomic E-state index is 13.0. The average Bonchev–Trinajstić information content (AvgIpc) is 2.57. The standard InChI is InChI=1S/C17H15BrClFN2O/c18-12-1-6-16(19)15(11-12)17(23)22-9-7-21(8-10-22)14-4-2-13(20)3-5-14/h1-6,11H,7-10H2. The number of carbonyl (C=O) groups excluding carboxylic acids is 1. The number of rotatable bonds is 2. The van der Waals surface area contributed by atoms with E-state index in [2.05, 4.69) is 20.8 Å². The third kappa shape index (κ3) is 3.67. The van der Waals surface area contributed by atoms with Crippen molar-refractivity contribution in [3.05, 3.63) is 63.3 Å². The number of halogens is 3. The second kappa shape index (κ2) is 6.89. The Bertz CT molecular complexity index is 715. The van der Waals surface area contributed by atoms with Crippen LogP contribution in [0, 0.1) is 5.82 Å². The van der Waals surface area contributed by atoms with E-state index < -0.39 is 0 Å². The molecule has 2 aromatic carbocycles. The van der Waals surface area contributed by atoms with Crippen LogP contribution in [0.5, 0.6) is 0 Å². The molecule has 0 unspecified atom stereocenters. The number of anilines is 1. The molecule has 1 saturated heterocycles. The van der Waals surface area contributed by atoms with E-state index in [1.807, 2.05) is 6.07 Å². The fourth-order valence-corrected chi connectivity index (χ4v) is 3.21. The quantitative estimate of drug-likeness (QED) is 0.758. The van der Waals surface area contributed by atoms with Gasteiger partial charge in [-0.1, -0.05) is 27.5 Å². The number of piperazine rings is 1. The molecule has 120 valence electrons. The van der Waals surface area contributed by atoms with Gasteiger partial charge in [0.15, 0.2) is 0 Å². The predicted octanol–water partition coefficient (Wildman–Crippen LogP) is 4.20. The molecule has 0 bridgehead atoms. The van der Waals surface area contributed by atoms with Crippen LogP contribution in [0.2, 0.25) is 5.02 Å². The predicted molar refractivity (Wildman–Crippen MR) is 93.7 cm³/mol. The Kier molecular flexibility index (Phi) is 4.87. The molecule has 1 heterocycles. The van der Waals surface area contributed by atoms with Crippen molar-refractivity contribution in [2.45, 2.75) is 0 Å². The van der Waals surface area contributed by atoms with Crippen LogP contribution in [0.3, 0.4) is 0 Å². The summed E-state index contributed by atoms with van der Waals surface area (Å²) in [4.78, 5) is 16.6. The van der Waals surface area contributed by atoms with Gasteiger partial charge in [-0.3, -0.25) is 4.79 Å². The number of hydrogen-bond donors (Lipinski definition) is 0. The van der Waals surface area contributed by atoms with Gasteiger partial charge in [0.2, 0.25) is 0 Å². The van der Waals surface area contributed by atoms with Gasteiger partial charge in [-0.05, 0) is 42.5 Å². The molecule has 1 aliphatic heterocycles. The lowest BCUT2D eigenvalue weighted by molar-refractivity contribution is 0.0747. The van der Waals surface area contributed by atoms with E-state index in [1.54, 1.807) is 29.2 Å². The van der Waals surface area contributed by atoms with Crippen LogP contribution in [-0.2, 0) is 0 Å². The lowest BCUT2D eigenvalue weighted by Gasteiger charge is -2.36. The molecule has 0 radical (unpaired) electrons. The van der Waals surface area contributed by atoms with Crippen LogP contribution in [0.1, 0.15) is 10.4 Å². The monoisotopic (exact) mass is 396 g/mol. The number of benzene rings is 2. The second-order valence-corrected chi connectivity index (χ2v) is 6.70. The SMILES string of the molecule is O=C(c1cc(Br)ccc1Cl)N1CCN(c2ccc(F)cc2)CC1. The van der Waals surface area contributed by atoms with E-state index in [9.17, 15) is 9.18 Å². The summed E-state index contributed by atoms with van der Waals surface area (Å²) in [6, 6.07) is 11.7. The molecule has 6 heteroatoms. The van der Waals surface area contributed by atoms with Gasteiger partial charge < -0.3 is 9.80 Å². The normalized spacial score (nSPS) is 14.9. The van der Waals surface area contributed by atoms with Crippen molar-refractivity contribution in [3.8, 4) is 0 Å². The zero-order valence-electron chi connectivity index (χ0n) is 12.3. The highest BCUT2D eigenvalue weighted by atomic mass is 79.9. The maximum Gasteiger partial charge on any atom is 0.255 e. The summed E-state index contributed by atoms with van der Waals surface area (Å²) in [7, 11) is 0. The minimum absolute atomic E-state index is 0.0601. The third-order valence-corrected chi connectivity index (χ3v) is 4.74. The number of carbonyl (C=O) groups is 1. The molecule has 0 aliphatic carbocycles. The molecule has 2 aromatic rings. The maximum atomic E-state index is 13.0. The lowest BCUT2D eigenvalue weighted by atomic mass is 10.1. The van der Waals surface area contributed by atoms with Crippen molar-refractivity contribution in [1.82, 2.24) is 4.90 Å². The zero-order chi connectivity index (χ0) is 16.4. The molecule has 1 amide bonds. The first-order valence-electron chi connectivity index (χ1n) is 7.29. The molecule has 0 aromatic heterocycles. The molecule has 1 fully saturated rings. The molecule has 3 rings (SSSR count). The van der Waals surface area contributed by atoms with Crippen molar-refractivity contribution in [2.75, 3.05) is 31.1 Å². The highest BCUT2D eigenvalue weighted by Gasteiger charge is 2.23. The Morgan fingerprint density at radius 2 is 1.70 bits per heavy atom. The number of hydrogen-bond acceptors (Lipinski definition) is 2. The molecule has 3 nitrogen and oxygen atoms in total. The molecular formula is C17H15BrClFN2O. The first-order chi connectivity index (χ1) is 11.0. The summed E-state index contributed by atoms with van der Waals surface area (Å²) in [6.07, 6.45) is 0. The summed E-state index contributed by atoms with van der Waals surface area (Å²) in [5.74, 6) is -0.304. The Morgan fingerprint density at radius 1 is 1.04 bits per heavy atom. The van der Waals surface area contributed by atoms with Crippen molar-refractivity contribution < 1.29 is 9.18 Å². The fraction of sp³-hybridized carbons (Fsp3) is 0.235. The molecular weight excluding hydrogens is 383 g/mol. The molecule has 0 spiro atoms. The zero-order valence-corrected chi connectivity index (χ0v) is 14.6. The third-order valence-electron chi connectivity index (χ3n) is 3.92. The smallest absolute Gasteiger partial charge is 0.255 e. The van der Waals surface area contributed by atoms with Gasteiger partial charge in [-0.2, -0.15) is 0 Å². The molecule has 0 atom stereocenters. The van der Waals surface area contributed by atoms with Crippen molar-refractivity contribution in [3.63, 3.8) is 0 Å². The summed E-state index contributed by atoms with van der Waals surface area (Å²) in [5, 5.41) is 0.458. The Labute approximate surface area is 147 Å². The van der Waals surface area contributed by atoms with E-state index in [-0.39, 0.29) is 11.7 Å². The first-order valence-corrected chi connectivity index (χ1v) is 8.46. The van der Waals surface area contributed by atoms with Crippen molar-refractivity contribution in [1.29, 1.82) is 0 Å². The van der Waals surface area contributed by atoms with Gasteiger partial charge in [0.05, 0.1) is 10.6 Å². The topological polar surface area (TPSA) is 23.6 Å². The average molecular weight is 398 g/mol. The summed E-state index contributed by atoms with van der Waals surface area (Å²) < 4.78 is 13.8.